The highest BCUT2D eigenvalue weighted by atomic mass is 79.9. The van der Waals surface area contributed by atoms with Gasteiger partial charge in [0.15, 0.2) is 8.32 Å². The normalized spacial score (nSPS) is 14.4. The van der Waals surface area contributed by atoms with Gasteiger partial charge >= 0.3 is 0 Å². The van der Waals surface area contributed by atoms with Crippen LogP contribution in [0, 0.1) is 0 Å². The second-order valence-electron chi connectivity index (χ2n) is 4.71. The molecule has 0 radical (unpaired) electrons. The maximum atomic E-state index is 6.49. The Bertz CT molecular complexity index is 194. The maximum Gasteiger partial charge on any atom is 0.192 e. The van der Waals surface area contributed by atoms with E-state index in [1.165, 1.54) is 43.8 Å². The molecule has 0 aromatic carbocycles. The molecule has 0 heterocycles. The highest BCUT2D eigenvalue weighted by Gasteiger charge is 2.30. The quantitative estimate of drug-likeness (QED) is 0.361. The first-order valence-corrected chi connectivity index (χ1v) is 10.6. The lowest BCUT2D eigenvalue weighted by Gasteiger charge is -2.32. The molecule has 0 saturated carbocycles. The van der Waals surface area contributed by atoms with E-state index in [-0.39, 0.29) is 0 Å². The van der Waals surface area contributed by atoms with Crippen molar-refractivity contribution >= 4 is 24.2 Å². The lowest BCUT2D eigenvalue weighted by atomic mass is 10.1. The van der Waals surface area contributed by atoms with Crippen LogP contribution in [0.2, 0.25) is 18.1 Å². The first-order chi connectivity index (χ1) is 8.17. The minimum atomic E-state index is -1.45. The summed E-state index contributed by atoms with van der Waals surface area (Å²) in [5.41, 5.74) is 0. The van der Waals surface area contributed by atoms with Crippen LogP contribution in [0.15, 0.2) is 11.1 Å². The van der Waals surface area contributed by atoms with E-state index in [0.29, 0.717) is 6.10 Å². The van der Waals surface area contributed by atoms with Crippen LogP contribution in [0.5, 0.6) is 0 Å². The van der Waals surface area contributed by atoms with Crippen molar-refractivity contribution in [1.29, 1.82) is 0 Å². The lowest BCUT2D eigenvalue weighted by Crippen LogP contribution is -2.39. The predicted octanol–water partition coefficient (Wildman–Crippen LogP) is 5.87. The summed E-state index contributed by atoms with van der Waals surface area (Å²) >= 11 is 3.39. The molecule has 0 spiro atoms. The maximum absolute atomic E-state index is 6.49. The summed E-state index contributed by atoms with van der Waals surface area (Å²) in [5.74, 6) is 0. The number of rotatable bonds is 10. The standard InChI is InChI=1S/C14H29BrOSi/c1-5-9-10-11-14(12-13-15)16-17(6-2,7-3)8-4/h12-14H,5-11H2,1-4H3. The first kappa shape index (κ1) is 17.4. The van der Waals surface area contributed by atoms with E-state index >= 15 is 0 Å². The highest BCUT2D eigenvalue weighted by molar-refractivity contribution is 9.11. The van der Waals surface area contributed by atoms with Crippen molar-refractivity contribution in [3.8, 4) is 0 Å². The molecule has 0 fully saturated rings. The molecule has 0 rings (SSSR count). The van der Waals surface area contributed by atoms with E-state index in [2.05, 4.69) is 49.7 Å². The third-order valence-electron chi connectivity index (χ3n) is 3.71. The van der Waals surface area contributed by atoms with E-state index in [0.717, 1.165) is 0 Å². The zero-order chi connectivity index (χ0) is 13.1. The fourth-order valence-electron chi connectivity index (χ4n) is 2.19. The van der Waals surface area contributed by atoms with Crippen molar-refractivity contribution in [2.75, 3.05) is 0 Å². The van der Waals surface area contributed by atoms with Gasteiger partial charge in [0.25, 0.3) is 0 Å². The zero-order valence-electron chi connectivity index (χ0n) is 12.0. The lowest BCUT2D eigenvalue weighted by molar-refractivity contribution is 0.218. The van der Waals surface area contributed by atoms with Crippen LogP contribution in [0.25, 0.3) is 0 Å². The molecule has 0 saturated heterocycles. The van der Waals surface area contributed by atoms with Gasteiger partial charge in [0.2, 0.25) is 0 Å². The molecule has 0 N–H and O–H groups in total. The van der Waals surface area contributed by atoms with Crippen LogP contribution in [0.3, 0.4) is 0 Å². The summed E-state index contributed by atoms with van der Waals surface area (Å²) in [6.07, 6.45) is 7.55. The van der Waals surface area contributed by atoms with Crippen molar-refractivity contribution < 1.29 is 4.43 Å². The summed E-state index contributed by atoms with van der Waals surface area (Å²) in [5, 5.41) is 0. The molecule has 3 heteroatoms. The molecule has 17 heavy (non-hydrogen) atoms. The zero-order valence-corrected chi connectivity index (χ0v) is 14.6. The fraction of sp³-hybridized carbons (Fsp3) is 0.857. The summed E-state index contributed by atoms with van der Waals surface area (Å²) < 4.78 is 6.49. The minimum absolute atomic E-state index is 0.326. The molecular weight excluding hydrogens is 292 g/mol. The van der Waals surface area contributed by atoms with Gasteiger partial charge in [0.05, 0.1) is 6.10 Å². The second-order valence-corrected chi connectivity index (χ2v) is 9.97. The smallest absolute Gasteiger partial charge is 0.192 e. The second kappa shape index (κ2) is 10.3. The Balaban J connectivity index is 4.38. The van der Waals surface area contributed by atoms with Crippen molar-refractivity contribution in [1.82, 2.24) is 0 Å². The number of hydrogen-bond acceptors (Lipinski definition) is 1. The molecular formula is C14H29BrOSi. The van der Waals surface area contributed by atoms with Gasteiger partial charge in [0, 0.05) is 0 Å². The first-order valence-electron chi connectivity index (χ1n) is 7.12. The van der Waals surface area contributed by atoms with E-state index in [1.54, 1.807) is 0 Å². The summed E-state index contributed by atoms with van der Waals surface area (Å²) in [7, 11) is -1.45. The fourth-order valence-corrected chi connectivity index (χ4v) is 5.37. The predicted molar refractivity (Wildman–Crippen MR) is 84.3 cm³/mol. The molecule has 1 unspecified atom stereocenters. The number of halogens is 1. The molecule has 0 amide bonds. The van der Waals surface area contributed by atoms with Gasteiger partial charge in [-0.05, 0) is 29.5 Å². The van der Waals surface area contributed by atoms with E-state index < -0.39 is 8.32 Å². The molecule has 0 bridgehead atoms. The van der Waals surface area contributed by atoms with E-state index in [9.17, 15) is 0 Å². The number of hydrogen-bond donors (Lipinski definition) is 0. The topological polar surface area (TPSA) is 9.23 Å². The SMILES string of the molecule is CCCCCC(C=CBr)O[Si](CC)(CC)CC. The molecule has 0 aromatic heterocycles. The van der Waals surface area contributed by atoms with E-state index in [1.807, 2.05) is 4.99 Å². The van der Waals surface area contributed by atoms with Crippen LogP contribution in [0.4, 0.5) is 0 Å². The minimum Gasteiger partial charge on any atom is -0.411 e. The number of unbranched alkanes of at least 4 members (excludes halogenated alkanes) is 2. The molecule has 1 atom stereocenters. The summed E-state index contributed by atoms with van der Waals surface area (Å²) in [6.45, 7) is 9.12. The van der Waals surface area contributed by atoms with E-state index in [4.69, 9.17) is 4.43 Å². The summed E-state index contributed by atoms with van der Waals surface area (Å²) in [4.78, 5) is 1.96. The van der Waals surface area contributed by atoms with Crippen molar-refractivity contribution in [2.24, 2.45) is 0 Å². The monoisotopic (exact) mass is 320 g/mol. The Hall–Kier alpha value is 0.397. The average molecular weight is 321 g/mol. The Labute approximate surface area is 117 Å². The molecule has 0 aliphatic rings. The molecule has 0 aliphatic heterocycles. The van der Waals surface area contributed by atoms with Crippen LogP contribution in [0.1, 0.15) is 53.4 Å². The van der Waals surface area contributed by atoms with Gasteiger partial charge in [-0.1, -0.05) is 69.0 Å². The molecule has 1 nitrogen and oxygen atoms in total. The average Bonchev–Trinajstić information content (AvgIpc) is 2.36. The largest absolute Gasteiger partial charge is 0.411 e. The molecule has 0 aromatic rings. The van der Waals surface area contributed by atoms with Gasteiger partial charge in [-0.3, -0.25) is 0 Å². The van der Waals surface area contributed by atoms with Crippen LogP contribution in [-0.4, -0.2) is 14.4 Å². The third kappa shape index (κ3) is 6.78. The van der Waals surface area contributed by atoms with Crippen LogP contribution >= 0.6 is 15.9 Å². The van der Waals surface area contributed by atoms with Gasteiger partial charge < -0.3 is 4.43 Å². The Morgan fingerprint density at radius 2 is 1.65 bits per heavy atom. The molecule has 0 aliphatic carbocycles. The Morgan fingerprint density at radius 1 is 1.06 bits per heavy atom. The highest BCUT2D eigenvalue weighted by Crippen LogP contribution is 2.25. The summed E-state index contributed by atoms with van der Waals surface area (Å²) in [6, 6.07) is 3.71. The van der Waals surface area contributed by atoms with Crippen molar-refractivity contribution in [3.63, 3.8) is 0 Å². The van der Waals surface area contributed by atoms with Crippen LogP contribution in [-0.2, 0) is 4.43 Å². The third-order valence-corrected chi connectivity index (χ3v) is 8.69. The Kier molecular flexibility index (Phi) is 10.6. The van der Waals surface area contributed by atoms with Gasteiger partial charge in [0.1, 0.15) is 0 Å². The van der Waals surface area contributed by atoms with Gasteiger partial charge in [-0.2, -0.15) is 0 Å². The molecule has 102 valence electrons. The van der Waals surface area contributed by atoms with Gasteiger partial charge in [-0.15, -0.1) is 0 Å². The van der Waals surface area contributed by atoms with Gasteiger partial charge in [-0.25, -0.2) is 0 Å². The van der Waals surface area contributed by atoms with Crippen molar-refractivity contribution in [3.05, 3.63) is 11.1 Å². The van der Waals surface area contributed by atoms with Crippen LogP contribution < -0.4 is 0 Å². The van der Waals surface area contributed by atoms with Crippen molar-refractivity contribution in [2.45, 2.75) is 77.6 Å². The Morgan fingerprint density at radius 3 is 2.06 bits per heavy atom.